The number of terminal acetylenes is 1. The van der Waals surface area contributed by atoms with E-state index < -0.39 is 6.10 Å². The molecule has 1 fully saturated rings. The van der Waals surface area contributed by atoms with Crippen LogP contribution in [0.3, 0.4) is 0 Å². The van der Waals surface area contributed by atoms with Gasteiger partial charge in [-0.25, -0.2) is 0 Å². The number of aliphatic hydroxyl groups is 1. The topological polar surface area (TPSA) is 32.7 Å². The molecule has 1 N–H and O–H groups in total. The summed E-state index contributed by atoms with van der Waals surface area (Å²) in [5.41, 5.74) is -0.212. The lowest BCUT2D eigenvalue weighted by molar-refractivity contribution is -0.0700. The molecule has 0 saturated carbocycles. The van der Waals surface area contributed by atoms with Crippen molar-refractivity contribution < 1.29 is 9.84 Å². The van der Waals surface area contributed by atoms with Crippen LogP contribution in [0.15, 0.2) is 0 Å². The van der Waals surface area contributed by atoms with Crippen molar-refractivity contribution in [1.29, 1.82) is 0 Å². The van der Waals surface area contributed by atoms with Gasteiger partial charge < -0.3 is 9.84 Å². The number of morpholine rings is 1. The fourth-order valence-electron chi connectivity index (χ4n) is 2.08. The molecule has 2 unspecified atom stereocenters. The largest absolute Gasteiger partial charge is 0.390 e. The summed E-state index contributed by atoms with van der Waals surface area (Å²) in [4.78, 5) is 2.29. The third-order valence-corrected chi connectivity index (χ3v) is 3.48. The molecule has 15 heavy (non-hydrogen) atoms. The highest BCUT2D eigenvalue weighted by atomic mass is 16.5. The van der Waals surface area contributed by atoms with Crippen LogP contribution in [0.2, 0.25) is 0 Å². The molecule has 1 rings (SSSR count). The van der Waals surface area contributed by atoms with Crippen molar-refractivity contribution >= 4 is 0 Å². The Hall–Kier alpha value is -0.560. The van der Waals surface area contributed by atoms with Gasteiger partial charge >= 0.3 is 0 Å². The maximum atomic E-state index is 10.1. The molecular weight excluding hydrogens is 190 g/mol. The van der Waals surface area contributed by atoms with Crippen LogP contribution in [-0.4, -0.2) is 48.0 Å². The smallest absolute Gasteiger partial charge is 0.0829 e. The Morgan fingerprint density at radius 3 is 2.60 bits per heavy atom. The lowest BCUT2D eigenvalue weighted by Gasteiger charge is -2.45. The van der Waals surface area contributed by atoms with E-state index in [1.54, 1.807) is 0 Å². The SMILES string of the molecule is C#CCC(O)C(C)(CC)N1CCOCC1. The number of aliphatic hydroxyl groups excluding tert-OH is 1. The minimum atomic E-state index is -0.453. The van der Waals surface area contributed by atoms with E-state index in [9.17, 15) is 5.11 Å². The maximum Gasteiger partial charge on any atom is 0.0829 e. The summed E-state index contributed by atoms with van der Waals surface area (Å²) >= 11 is 0. The fraction of sp³-hybridized carbons (Fsp3) is 0.833. The minimum Gasteiger partial charge on any atom is -0.390 e. The third-order valence-electron chi connectivity index (χ3n) is 3.48. The van der Waals surface area contributed by atoms with E-state index in [1.807, 2.05) is 0 Å². The van der Waals surface area contributed by atoms with E-state index in [-0.39, 0.29) is 5.54 Å². The van der Waals surface area contributed by atoms with Crippen LogP contribution >= 0.6 is 0 Å². The van der Waals surface area contributed by atoms with Gasteiger partial charge in [-0.1, -0.05) is 6.92 Å². The van der Waals surface area contributed by atoms with Crippen molar-refractivity contribution in [1.82, 2.24) is 4.90 Å². The second kappa shape index (κ2) is 5.50. The van der Waals surface area contributed by atoms with Crippen molar-refractivity contribution in [3.05, 3.63) is 0 Å². The lowest BCUT2D eigenvalue weighted by Crippen LogP contribution is -2.57. The monoisotopic (exact) mass is 211 g/mol. The number of hydrogen-bond donors (Lipinski definition) is 1. The average Bonchev–Trinajstić information content (AvgIpc) is 2.29. The van der Waals surface area contributed by atoms with Gasteiger partial charge in [-0.3, -0.25) is 4.90 Å². The molecule has 0 spiro atoms. The standard InChI is InChI=1S/C12H21NO2/c1-4-6-11(14)12(3,5-2)13-7-9-15-10-8-13/h1,11,14H,5-10H2,2-3H3. The first kappa shape index (κ1) is 12.5. The van der Waals surface area contributed by atoms with Gasteiger partial charge in [-0.2, -0.15) is 0 Å². The van der Waals surface area contributed by atoms with Crippen LogP contribution in [0.1, 0.15) is 26.7 Å². The highest BCUT2D eigenvalue weighted by Gasteiger charge is 2.37. The Balaban J connectivity index is 2.69. The zero-order valence-electron chi connectivity index (χ0n) is 9.70. The first-order valence-corrected chi connectivity index (χ1v) is 5.59. The number of ether oxygens (including phenoxy) is 1. The van der Waals surface area contributed by atoms with Crippen LogP contribution < -0.4 is 0 Å². The fourth-order valence-corrected chi connectivity index (χ4v) is 2.08. The summed E-state index contributed by atoms with van der Waals surface area (Å²) in [5, 5.41) is 10.1. The summed E-state index contributed by atoms with van der Waals surface area (Å²) in [7, 11) is 0. The van der Waals surface area contributed by atoms with Gasteiger partial charge in [0.1, 0.15) is 0 Å². The van der Waals surface area contributed by atoms with Crippen LogP contribution in [0.25, 0.3) is 0 Å². The van der Waals surface area contributed by atoms with Crippen molar-refractivity contribution in [2.24, 2.45) is 0 Å². The average molecular weight is 211 g/mol. The van der Waals surface area contributed by atoms with Crippen LogP contribution in [0, 0.1) is 12.3 Å². The molecule has 0 bridgehead atoms. The molecule has 3 heteroatoms. The van der Waals surface area contributed by atoms with E-state index in [2.05, 4.69) is 24.7 Å². The second-order valence-electron chi connectivity index (χ2n) is 4.23. The van der Waals surface area contributed by atoms with E-state index in [1.165, 1.54) is 0 Å². The highest BCUT2D eigenvalue weighted by Crippen LogP contribution is 2.26. The number of rotatable bonds is 4. The molecule has 1 aliphatic rings. The minimum absolute atomic E-state index is 0.212. The molecule has 0 aromatic carbocycles. The molecule has 1 saturated heterocycles. The van der Waals surface area contributed by atoms with Crippen LogP contribution in [0.4, 0.5) is 0 Å². The number of hydrogen-bond acceptors (Lipinski definition) is 3. The Morgan fingerprint density at radius 1 is 1.53 bits per heavy atom. The van der Waals surface area contributed by atoms with Crippen LogP contribution in [-0.2, 0) is 4.74 Å². The molecule has 0 amide bonds. The summed E-state index contributed by atoms with van der Waals surface area (Å²) in [6.07, 6.45) is 6.12. The highest BCUT2D eigenvalue weighted by molar-refractivity contribution is 4.99. The van der Waals surface area contributed by atoms with E-state index in [0.29, 0.717) is 6.42 Å². The van der Waals surface area contributed by atoms with Gasteiger partial charge in [0, 0.05) is 25.0 Å². The number of nitrogens with zero attached hydrogens (tertiary/aromatic N) is 1. The Bertz CT molecular complexity index is 230. The zero-order chi connectivity index (χ0) is 11.3. The third kappa shape index (κ3) is 2.72. The summed E-state index contributed by atoms with van der Waals surface area (Å²) in [6.45, 7) is 7.43. The molecule has 1 aliphatic heterocycles. The first-order valence-electron chi connectivity index (χ1n) is 5.59. The van der Waals surface area contributed by atoms with Crippen molar-refractivity contribution in [3.8, 4) is 12.3 Å². The van der Waals surface area contributed by atoms with E-state index in [4.69, 9.17) is 11.2 Å². The molecule has 0 aliphatic carbocycles. The van der Waals surface area contributed by atoms with Crippen LogP contribution in [0.5, 0.6) is 0 Å². The molecular formula is C12H21NO2. The molecule has 0 aromatic rings. The first-order chi connectivity index (χ1) is 7.15. The van der Waals surface area contributed by atoms with Gasteiger partial charge in [0.15, 0.2) is 0 Å². The van der Waals surface area contributed by atoms with E-state index in [0.717, 1.165) is 32.7 Å². The molecule has 1 heterocycles. The lowest BCUT2D eigenvalue weighted by atomic mass is 9.87. The predicted octanol–water partition coefficient (Wildman–Crippen LogP) is 0.871. The van der Waals surface area contributed by atoms with Gasteiger partial charge in [-0.15, -0.1) is 12.3 Å². The van der Waals surface area contributed by atoms with Gasteiger partial charge in [0.25, 0.3) is 0 Å². The predicted molar refractivity (Wildman–Crippen MR) is 60.5 cm³/mol. The van der Waals surface area contributed by atoms with Crippen molar-refractivity contribution in [2.75, 3.05) is 26.3 Å². The normalized spacial score (nSPS) is 24.1. The Labute approximate surface area is 92.4 Å². The zero-order valence-corrected chi connectivity index (χ0v) is 9.70. The van der Waals surface area contributed by atoms with Crippen molar-refractivity contribution in [3.63, 3.8) is 0 Å². The maximum absolute atomic E-state index is 10.1. The Kier molecular flexibility index (Phi) is 4.59. The molecule has 0 aromatic heterocycles. The quantitative estimate of drug-likeness (QED) is 0.700. The summed E-state index contributed by atoms with van der Waals surface area (Å²) in [6, 6.07) is 0. The summed E-state index contributed by atoms with van der Waals surface area (Å²) in [5.74, 6) is 2.54. The van der Waals surface area contributed by atoms with Gasteiger partial charge in [0.2, 0.25) is 0 Å². The summed E-state index contributed by atoms with van der Waals surface area (Å²) < 4.78 is 5.32. The molecule has 3 nitrogen and oxygen atoms in total. The molecule has 2 atom stereocenters. The molecule has 86 valence electrons. The Morgan fingerprint density at radius 2 is 2.13 bits per heavy atom. The van der Waals surface area contributed by atoms with Gasteiger partial charge in [-0.05, 0) is 13.3 Å². The van der Waals surface area contributed by atoms with Gasteiger partial charge in [0.05, 0.1) is 19.3 Å². The molecule has 0 radical (unpaired) electrons. The van der Waals surface area contributed by atoms with E-state index >= 15 is 0 Å². The second-order valence-corrected chi connectivity index (χ2v) is 4.23. The van der Waals surface area contributed by atoms with Crippen molar-refractivity contribution in [2.45, 2.75) is 38.3 Å².